The minimum atomic E-state index is -0.612. The van der Waals surface area contributed by atoms with Gasteiger partial charge in [-0.2, -0.15) is 0 Å². The number of anilines is 2. The lowest BCUT2D eigenvalue weighted by atomic mass is 10.1. The fraction of sp³-hybridized carbons (Fsp3) is 0. The van der Waals surface area contributed by atoms with Gasteiger partial charge in [-0.1, -0.05) is 0 Å². The highest BCUT2D eigenvalue weighted by Gasteiger charge is 2.21. The Bertz CT molecular complexity index is 1180. The van der Waals surface area contributed by atoms with Crippen LogP contribution in [0.25, 0.3) is 16.8 Å². The van der Waals surface area contributed by atoms with E-state index in [1.54, 1.807) is 18.2 Å². The van der Waals surface area contributed by atoms with Gasteiger partial charge >= 0.3 is 0 Å². The number of hydrogen-bond acceptors (Lipinski definition) is 7. The number of hydrogen-bond donors (Lipinski definition) is 3. The van der Waals surface area contributed by atoms with Crippen LogP contribution in [0.3, 0.4) is 0 Å². The van der Waals surface area contributed by atoms with E-state index in [0.717, 1.165) is 16.9 Å². The van der Waals surface area contributed by atoms with E-state index in [1.807, 2.05) is 0 Å². The fourth-order valence-corrected chi connectivity index (χ4v) is 2.67. The van der Waals surface area contributed by atoms with Gasteiger partial charge < -0.3 is 16.2 Å². The zero-order chi connectivity index (χ0) is 19.0. The third-order valence-electron chi connectivity index (χ3n) is 3.84. The number of aromatic nitrogens is 5. The van der Waals surface area contributed by atoms with Crippen LogP contribution in [-0.4, -0.2) is 35.6 Å². The van der Waals surface area contributed by atoms with Gasteiger partial charge in [-0.3, -0.25) is 9.78 Å². The molecule has 0 bridgehead atoms. The number of halogens is 1. The number of amides is 1. The molecule has 0 fully saturated rings. The van der Waals surface area contributed by atoms with Crippen LogP contribution in [0.5, 0.6) is 5.88 Å². The molecule has 0 aromatic carbocycles. The number of nitrogen functional groups attached to an aromatic ring is 1. The summed E-state index contributed by atoms with van der Waals surface area (Å²) in [7, 11) is 0. The van der Waals surface area contributed by atoms with Crippen molar-refractivity contribution in [2.75, 3.05) is 11.1 Å². The number of fused-ring (bicyclic) bond motifs is 1. The molecule has 0 aliphatic carbocycles. The first-order valence-electron chi connectivity index (χ1n) is 7.73. The van der Waals surface area contributed by atoms with Gasteiger partial charge in [0.05, 0.1) is 24.3 Å². The van der Waals surface area contributed by atoms with Crippen LogP contribution >= 0.6 is 0 Å². The summed E-state index contributed by atoms with van der Waals surface area (Å²) in [5.41, 5.74) is 7.18. The van der Waals surface area contributed by atoms with Crippen molar-refractivity contribution in [3.63, 3.8) is 0 Å². The second kappa shape index (κ2) is 6.33. The van der Waals surface area contributed by atoms with E-state index in [2.05, 4.69) is 25.4 Å². The average molecular weight is 365 g/mol. The SMILES string of the molecule is Nc1nn2cc(F)cnc2c1C(=O)Nc1cnccc1-c1cccnc1O. The second-order valence-electron chi connectivity index (χ2n) is 5.55. The first-order chi connectivity index (χ1) is 13.0. The smallest absolute Gasteiger partial charge is 0.263 e. The summed E-state index contributed by atoms with van der Waals surface area (Å²) in [6, 6.07) is 4.93. The van der Waals surface area contributed by atoms with Gasteiger partial charge in [-0.15, -0.1) is 5.10 Å². The van der Waals surface area contributed by atoms with Crippen molar-refractivity contribution in [2.24, 2.45) is 0 Å². The van der Waals surface area contributed by atoms with Crippen LogP contribution in [0, 0.1) is 5.82 Å². The Hall–Kier alpha value is -4.08. The number of carbonyl (C=O) groups excluding carboxylic acids is 1. The van der Waals surface area contributed by atoms with Crippen molar-refractivity contribution in [2.45, 2.75) is 0 Å². The van der Waals surface area contributed by atoms with Crippen LogP contribution in [0.1, 0.15) is 10.4 Å². The lowest BCUT2D eigenvalue weighted by molar-refractivity contribution is 0.102. The minimum Gasteiger partial charge on any atom is -0.493 e. The quantitative estimate of drug-likeness (QED) is 0.505. The Morgan fingerprint density at radius 3 is 2.85 bits per heavy atom. The van der Waals surface area contributed by atoms with E-state index in [4.69, 9.17) is 5.73 Å². The molecule has 4 N–H and O–H groups in total. The number of nitrogens with two attached hydrogens (primary N) is 1. The number of pyridine rings is 2. The highest BCUT2D eigenvalue weighted by molar-refractivity contribution is 6.12. The van der Waals surface area contributed by atoms with Crippen molar-refractivity contribution >= 4 is 23.1 Å². The van der Waals surface area contributed by atoms with Crippen molar-refractivity contribution < 1.29 is 14.3 Å². The zero-order valence-electron chi connectivity index (χ0n) is 13.7. The van der Waals surface area contributed by atoms with Crippen LogP contribution in [0.15, 0.2) is 49.2 Å². The average Bonchev–Trinajstić information content (AvgIpc) is 2.97. The minimum absolute atomic E-state index is 0.000196. The topological polar surface area (TPSA) is 131 Å². The van der Waals surface area contributed by atoms with E-state index >= 15 is 0 Å². The predicted octanol–water partition coefficient (Wildman–Crippen LogP) is 1.87. The summed E-state index contributed by atoms with van der Waals surface area (Å²) in [5, 5.41) is 16.6. The number of carbonyl (C=O) groups is 1. The number of nitrogens with zero attached hydrogens (tertiary/aromatic N) is 5. The molecule has 0 atom stereocenters. The van der Waals surface area contributed by atoms with E-state index in [1.165, 1.54) is 18.6 Å². The first kappa shape index (κ1) is 16.4. The Kier molecular flexibility index (Phi) is 3.84. The maximum atomic E-state index is 13.3. The highest BCUT2D eigenvalue weighted by Crippen LogP contribution is 2.32. The van der Waals surface area contributed by atoms with Crippen LogP contribution in [-0.2, 0) is 0 Å². The maximum Gasteiger partial charge on any atom is 0.263 e. The van der Waals surface area contributed by atoms with Gasteiger partial charge in [-0.05, 0) is 18.2 Å². The summed E-state index contributed by atoms with van der Waals surface area (Å²) in [6.45, 7) is 0. The van der Waals surface area contributed by atoms with E-state index in [-0.39, 0.29) is 22.9 Å². The Balaban J connectivity index is 1.75. The molecule has 4 heterocycles. The molecule has 4 aromatic rings. The van der Waals surface area contributed by atoms with Gasteiger partial charge in [-0.25, -0.2) is 18.9 Å². The van der Waals surface area contributed by atoms with Crippen LogP contribution < -0.4 is 11.1 Å². The molecule has 0 unspecified atom stereocenters. The third-order valence-corrected chi connectivity index (χ3v) is 3.84. The number of aromatic hydroxyl groups is 1. The van der Waals surface area contributed by atoms with Crippen molar-refractivity contribution in [1.29, 1.82) is 0 Å². The fourth-order valence-electron chi connectivity index (χ4n) is 2.67. The molecule has 10 heteroatoms. The number of nitrogens with one attached hydrogen (secondary N) is 1. The molecule has 9 nitrogen and oxygen atoms in total. The van der Waals surface area contributed by atoms with Gasteiger partial charge in [0.25, 0.3) is 5.91 Å². The first-order valence-corrected chi connectivity index (χ1v) is 7.73. The molecule has 4 rings (SSSR count). The Labute approximate surface area is 151 Å². The maximum absolute atomic E-state index is 13.3. The normalized spacial score (nSPS) is 10.9. The molecule has 0 saturated carbocycles. The summed E-state index contributed by atoms with van der Waals surface area (Å²) in [5.74, 6) is -1.50. The third kappa shape index (κ3) is 2.88. The molecule has 0 aliphatic heterocycles. The molecule has 27 heavy (non-hydrogen) atoms. The summed E-state index contributed by atoms with van der Waals surface area (Å²) >= 11 is 0. The molecule has 4 aromatic heterocycles. The zero-order valence-corrected chi connectivity index (χ0v) is 13.7. The van der Waals surface area contributed by atoms with Crippen molar-refractivity contribution in [3.05, 3.63) is 60.6 Å². The Morgan fingerprint density at radius 1 is 1.19 bits per heavy atom. The summed E-state index contributed by atoms with van der Waals surface area (Å²) < 4.78 is 14.4. The van der Waals surface area contributed by atoms with Gasteiger partial charge in [0.1, 0.15) is 5.56 Å². The van der Waals surface area contributed by atoms with Crippen LogP contribution in [0.2, 0.25) is 0 Å². The number of rotatable bonds is 3. The van der Waals surface area contributed by atoms with Crippen molar-refractivity contribution in [3.8, 4) is 17.0 Å². The Morgan fingerprint density at radius 2 is 2.04 bits per heavy atom. The van der Waals surface area contributed by atoms with Gasteiger partial charge in [0.15, 0.2) is 17.3 Å². The van der Waals surface area contributed by atoms with Crippen molar-refractivity contribution in [1.82, 2.24) is 24.6 Å². The van der Waals surface area contributed by atoms with E-state index < -0.39 is 11.7 Å². The molecule has 0 saturated heterocycles. The lowest BCUT2D eigenvalue weighted by Crippen LogP contribution is -2.14. The standard InChI is InChI=1S/C17H12FN7O2/c18-9-6-22-15-13(14(19)24-25(15)8-9)17(27)23-12-7-20-5-3-10(12)11-2-1-4-21-16(11)26/h1-8H,(H2,19,24)(H,21,26)(H,23,27). The molecular formula is C17H12FN7O2. The monoisotopic (exact) mass is 365 g/mol. The largest absolute Gasteiger partial charge is 0.493 e. The lowest BCUT2D eigenvalue weighted by Gasteiger charge is -2.11. The van der Waals surface area contributed by atoms with E-state index in [9.17, 15) is 14.3 Å². The van der Waals surface area contributed by atoms with Crippen LogP contribution in [0.4, 0.5) is 15.9 Å². The highest BCUT2D eigenvalue weighted by atomic mass is 19.1. The predicted molar refractivity (Wildman–Crippen MR) is 94.4 cm³/mol. The molecule has 0 aliphatic rings. The molecule has 134 valence electrons. The summed E-state index contributed by atoms with van der Waals surface area (Å²) in [4.78, 5) is 24.5. The van der Waals surface area contributed by atoms with Gasteiger partial charge in [0.2, 0.25) is 5.88 Å². The molecule has 1 amide bonds. The van der Waals surface area contributed by atoms with E-state index in [0.29, 0.717) is 16.8 Å². The molecule has 0 spiro atoms. The van der Waals surface area contributed by atoms with Gasteiger partial charge in [0, 0.05) is 23.5 Å². The summed E-state index contributed by atoms with van der Waals surface area (Å²) in [6.07, 6.45) is 6.43. The molecule has 0 radical (unpaired) electrons. The second-order valence-corrected chi connectivity index (χ2v) is 5.55. The molecular weight excluding hydrogens is 353 g/mol.